The van der Waals surface area contributed by atoms with Crippen LogP contribution >= 0.6 is 0 Å². The van der Waals surface area contributed by atoms with E-state index in [0.717, 1.165) is 22.3 Å². The summed E-state index contributed by atoms with van der Waals surface area (Å²) in [5.41, 5.74) is 6.05. The van der Waals surface area contributed by atoms with Gasteiger partial charge in [-0.3, -0.25) is 0 Å². The summed E-state index contributed by atoms with van der Waals surface area (Å²) in [4.78, 5) is 0. The fourth-order valence-corrected chi connectivity index (χ4v) is 4.30. The summed E-state index contributed by atoms with van der Waals surface area (Å²) in [6, 6.07) is 33.6. The second-order valence-electron chi connectivity index (χ2n) is 6.77. The normalized spacial score (nSPS) is 13.5. The van der Waals surface area contributed by atoms with Gasteiger partial charge in [0.05, 0.1) is 5.41 Å². The van der Waals surface area contributed by atoms with Gasteiger partial charge in [0.15, 0.2) is 5.75 Å². The molecule has 128 valence electrons. The minimum atomic E-state index is -0.578. The summed E-state index contributed by atoms with van der Waals surface area (Å²) in [5, 5.41) is 19.6. The Hall–Kier alpha value is -3.70. The fraction of sp³-hybridized carbons (Fsp3) is 0.0400. The fourth-order valence-electron chi connectivity index (χ4n) is 4.30. The van der Waals surface area contributed by atoms with Crippen LogP contribution in [-0.4, -0.2) is 10.2 Å². The van der Waals surface area contributed by atoms with E-state index in [1.54, 1.807) is 18.2 Å². The SMILES string of the molecule is Oc1c#cc(C2(c3ccc(O)cc3)c3ccccc3-c3ccccc32)cc1. The Morgan fingerprint density at radius 3 is 1.74 bits per heavy atom. The van der Waals surface area contributed by atoms with Gasteiger partial charge in [0.2, 0.25) is 0 Å². The summed E-state index contributed by atoms with van der Waals surface area (Å²) in [6.45, 7) is 0. The molecule has 0 aliphatic heterocycles. The number of aromatic hydroxyl groups is 2. The molecule has 0 amide bonds. The van der Waals surface area contributed by atoms with Crippen LogP contribution in [0.5, 0.6) is 11.5 Å². The first kappa shape index (κ1) is 15.5. The molecule has 27 heavy (non-hydrogen) atoms. The average Bonchev–Trinajstić information content (AvgIpc) is 3.01. The molecule has 0 unspecified atom stereocenters. The second-order valence-corrected chi connectivity index (χ2v) is 6.77. The molecule has 4 aromatic carbocycles. The van der Waals surface area contributed by atoms with Gasteiger partial charge in [-0.05, 0) is 58.1 Å². The van der Waals surface area contributed by atoms with Crippen LogP contribution in [0.15, 0.2) is 84.9 Å². The van der Waals surface area contributed by atoms with Gasteiger partial charge >= 0.3 is 0 Å². The van der Waals surface area contributed by atoms with Crippen molar-refractivity contribution < 1.29 is 10.2 Å². The van der Waals surface area contributed by atoms with E-state index in [1.165, 1.54) is 11.1 Å². The van der Waals surface area contributed by atoms with Crippen LogP contribution in [0, 0.1) is 12.1 Å². The lowest BCUT2D eigenvalue weighted by Crippen LogP contribution is -2.28. The molecule has 0 bridgehead atoms. The van der Waals surface area contributed by atoms with Gasteiger partial charge in [-0.2, -0.15) is 0 Å². The maximum absolute atomic E-state index is 9.83. The molecule has 0 heterocycles. The highest BCUT2D eigenvalue weighted by atomic mass is 16.3. The Labute approximate surface area is 158 Å². The van der Waals surface area contributed by atoms with Gasteiger partial charge < -0.3 is 10.2 Å². The lowest BCUT2D eigenvalue weighted by molar-refractivity contribution is 0.475. The Kier molecular flexibility index (Phi) is 3.26. The van der Waals surface area contributed by atoms with Crippen molar-refractivity contribution in [2.75, 3.05) is 0 Å². The molecular weight excluding hydrogens is 332 g/mol. The molecule has 2 N–H and O–H groups in total. The Bertz CT molecular complexity index is 1030. The van der Waals surface area contributed by atoms with E-state index < -0.39 is 5.41 Å². The molecule has 5 rings (SSSR count). The summed E-state index contributed by atoms with van der Waals surface area (Å²) in [7, 11) is 0. The minimum absolute atomic E-state index is 0.0687. The third kappa shape index (κ3) is 2.09. The van der Waals surface area contributed by atoms with Gasteiger partial charge in [-0.25, -0.2) is 0 Å². The first-order chi connectivity index (χ1) is 13.2. The predicted molar refractivity (Wildman–Crippen MR) is 105 cm³/mol. The third-order valence-electron chi connectivity index (χ3n) is 5.39. The predicted octanol–water partition coefficient (Wildman–Crippen LogP) is 5.06. The van der Waals surface area contributed by atoms with E-state index in [1.807, 2.05) is 30.3 Å². The van der Waals surface area contributed by atoms with Crippen LogP contribution in [-0.2, 0) is 5.41 Å². The van der Waals surface area contributed by atoms with Crippen LogP contribution in [0.25, 0.3) is 11.1 Å². The molecule has 1 aliphatic carbocycles. The number of fused-ring (bicyclic) bond motifs is 3. The Morgan fingerprint density at radius 2 is 1.19 bits per heavy atom. The molecule has 0 spiro atoms. The zero-order valence-electron chi connectivity index (χ0n) is 14.5. The highest BCUT2D eigenvalue weighted by molar-refractivity contribution is 5.86. The highest BCUT2D eigenvalue weighted by Crippen LogP contribution is 2.55. The Balaban J connectivity index is 1.94. The molecule has 0 radical (unpaired) electrons. The molecule has 4 aromatic rings. The standard InChI is InChI=1S/C25H16O2/c26-19-13-9-17(10-14-19)25(18-11-15-20(27)16-12-18)23-7-3-1-5-21(23)22-6-2-4-8-24(22)25/h1-11,13-15,26-27H. The van der Waals surface area contributed by atoms with E-state index in [-0.39, 0.29) is 11.5 Å². The molecule has 2 nitrogen and oxygen atoms in total. The van der Waals surface area contributed by atoms with Gasteiger partial charge in [0.1, 0.15) is 5.75 Å². The maximum atomic E-state index is 9.83. The van der Waals surface area contributed by atoms with E-state index >= 15 is 0 Å². The maximum Gasteiger partial charge on any atom is 0.167 e. The number of benzene rings is 3. The number of rotatable bonds is 2. The third-order valence-corrected chi connectivity index (χ3v) is 5.39. The van der Waals surface area contributed by atoms with Gasteiger partial charge in [-0.1, -0.05) is 66.7 Å². The minimum Gasteiger partial charge on any atom is -0.508 e. The first-order valence-corrected chi connectivity index (χ1v) is 8.83. The van der Waals surface area contributed by atoms with Crippen molar-refractivity contribution in [1.29, 1.82) is 0 Å². The molecule has 1 aliphatic rings. The largest absolute Gasteiger partial charge is 0.508 e. The van der Waals surface area contributed by atoms with Crippen molar-refractivity contribution in [2.45, 2.75) is 5.41 Å². The van der Waals surface area contributed by atoms with Crippen molar-refractivity contribution in [3.8, 4) is 22.6 Å². The Morgan fingerprint density at radius 1 is 0.593 bits per heavy atom. The lowest BCUT2D eigenvalue weighted by Gasteiger charge is -2.32. The number of hydrogen-bond donors (Lipinski definition) is 2. The van der Waals surface area contributed by atoms with E-state index in [0.29, 0.717) is 0 Å². The molecule has 0 fully saturated rings. The van der Waals surface area contributed by atoms with Crippen LogP contribution in [0.4, 0.5) is 0 Å². The molecular formula is C25H16O2. The molecule has 0 saturated heterocycles. The van der Waals surface area contributed by atoms with Crippen LogP contribution in [0.1, 0.15) is 22.3 Å². The smallest absolute Gasteiger partial charge is 0.167 e. The number of phenolic OH excluding ortho intramolecular Hbond substituents is 1. The van der Waals surface area contributed by atoms with E-state index in [9.17, 15) is 10.2 Å². The van der Waals surface area contributed by atoms with Crippen LogP contribution < -0.4 is 0 Å². The summed E-state index contributed by atoms with van der Waals surface area (Å²) in [5.74, 6) is 0.300. The van der Waals surface area contributed by atoms with Crippen molar-refractivity contribution in [3.05, 3.63) is 119 Å². The van der Waals surface area contributed by atoms with E-state index in [4.69, 9.17) is 0 Å². The zero-order valence-corrected chi connectivity index (χ0v) is 14.5. The van der Waals surface area contributed by atoms with Gasteiger partial charge in [0, 0.05) is 5.56 Å². The van der Waals surface area contributed by atoms with Crippen molar-refractivity contribution in [2.24, 2.45) is 0 Å². The molecule has 0 aromatic heterocycles. The highest BCUT2D eigenvalue weighted by Gasteiger charge is 2.46. The first-order valence-electron chi connectivity index (χ1n) is 8.83. The topological polar surface area (TPSA) is 40.5 Å². The number of hydrogen-bond acceptors (Lipinski definition) is 2. The lowest BCUT2D eigenvalue weighted by atomic mass is 9.68. The van der Waals surface area contributed by atoms with Crippen molar-refractivity contribution in [1.82, 2.24) is 0 Å². The van der Waals surface area contributed by atoms with Crippen molar-refractivity contribution >= 4 is 0 Å². The summed E-state index contributed by atoms with van der Waals surface area (Å²) < 4.78 is 0. The van der Waals surface area contributed by atoms with Gasteiger partial charge in [0.25, 0.3) is 0 Å². The quantitative estimate of drug-likeness (QED) is 0.468. The molecule has 0 saturated carbocycles. The van der Waals surface area contributed by atoms with E-state index in [2.05, 4.69) is 48.5 Å². The monoisotopic (exact) mass is 348 g/mol. The average molecular weight is 348 g/mol. The van der Waals surface area contributed by atoms with Crippen molar-refractivity contribution in [3.63, 3.8) is 0 Å². The summed E-state index contributed by atoms with van der Waals surface area (Å²) >= 11 is 0. The van der Waals surface area contributed by atoms with Crippen LogP contribution in [0.2, 0.25) is 0 Å². The van der Waals surface area contributed by atoms with Crippen LogP contribution in [0.3, 0.4) is 0 Å². The molecule has 2 heteroatoms. The second kappa shape index (κ2) is 5.65. The zero-order chi connectivity index (χ0) is 18.4. The summed E-state index contributed by atoms with van der Waals surface area (Å²) in [6.07, 6.45) is 0. The molecule has 0 atom stereocenters. The number of phenols is 1. The van der Waals surface area contributed by atoms with Gasteiger partial charge in [-0.15, -0.1) is 0 Å².